The van der Waals surface area contributed by atoms with Gasteiger partial charge in [0.1, 0.15) is 0 Å². The first-order valence-corrected chi connectivity index (χ1v) is 7.36. The summed E-state index contributed by atoms with van der Waals surface area (Å²) in [5.74, 6) is -0.181. The topological polar surface area (TPSA) is 54.0 Å². The van der Waals surface area contributed by atoms with Gasteiger partial charge in [-0.25, -0.2) is 0 Å². The van der Waals surface area contributed by atoms with Crippen molar-refractivity contribution in [1.82, 2.24) is 4.98 Å². The Morgan fingerprint density at radius 3 is 2.43 bits per heavy atom. The van der Waals surface area contributed by atoms with Crippen LogP contribution < -0.4 is 10.6 Å². The number of hydrogen-bond donors (Lipinski definition) is 2. The zero-order valence-electron chi connectivity index (χ0n) is 12.8. The first-order chi connectivity index (χ1) is 11.2. The summed E-state index contributed by atoms with van der Waals surface area (Å²) < 4.78 is 0. The fourth-order valence-electron chi connectivity index (χ4n) is 2.25. The third-order valence-corrected chi connectivity index (χ3v) is 3.34. The lowest BCUT2D eigenvalue weighted by Gasteiger charge is -2.09. The standard InChI is InChI=1S/C19H17N3O/c1-14-6-5-9-17(10-14)22-19(23)15-11-18(13-20-12-15)21-16-7-3-2-4-8-16/h2-13,21H,1H3,(H,22,23). The van der Waals surface area contributed by atoms with E-state index in [0.717, 1.165) is 22.6 Å². The lowest BCUT2D eigenvalue weighted by molar-refractivity contribution is 0.102. The summed E-state index contributed by atoms with van der Waals surface area (Å²) in [5, 5.41) is 6.11. The fourth-order valence-corrected chi connectivity index (χ4v) is 2.25. The van der Waals surface area contributed by atoms with Gasteiger partial charge in [-0.05, 0) is 42.8 Å². The summed E-state index contributed by atoms with van der Waals surface area (Å²) in [6, 6.07) is 19.2. The number of pyridine rings is 1. The Labute approximate surface area is 135 Å². The van der Waals surface area contributed by atoms with Crippen molar-refractivity contribution < 1.29 is 4.79 Å². The van der Waals surface area contributed by atoms with Crippen LogP contribution in [-0.4, -0.2) is 10.9 Å². The van der Waals surface area contributed by atoms with E-state index in [2.05, 4.69) is 15.6 Å². The summed E-state index contributed by atoms with van der Waals surface area (Å²) in [4.78, 5) is 16.5. The lowest BCUT2D eigenvalue weighted by atomic mass is 10.2. The van der Waals surface area contributed by atoms with Crippen LogP contribution in [0.2, 0.25) is 0 Å². The predicted octanol–water partition coefficient (Wildman–Crippen LogP) is 4.39. The molecule has 0 aliphatic carbocycles. The van der Waals surface area contributed by atoms with Gasteiger partial charge in [-0.15, -0.1) is 0 Å². The summed E-state index contributed by atoms with van der Waals surface area (Å²) in [5.41, 5.74) is 4.10. The minimum atomic E-state index is -0.181. The Kier molecular flexibility index (Phi) is 4.34. The van der Waals surface area contributed by atoms with Gasteiger partial charge < -0.3 is 10.6 Å². The first-order valence-electron chi connectivity index (χ1n) is 7.36. The van der Waals surface area contributed by atoms with Crippen LogP contribution in [0.3, 0.4) is 0 Å². The molecule has 4 nitrogen and oxygen atoms in total. The van der Waals surface area contributed by atoms with Crippen molar-refractivity contribution >= 4 is 23.0 Å². The van der Waals surface area contributed by atoms with E-state index in [-0.39, 0.29) is 5.91 Å². The Morgan fingerprint density at radius 2 is 1.65 bits per heavy atom. The number of carbonyl (C=O) groups is 1. The minimum Gasteiger partial charge on any atom is -0.354 e. The number of carbonyl (C=O) groups excluding carboxylic acids is 1. The van der Waals surface area contributed by atoms with Gasteiger partial charge in [0.05, 0.1) is 17.4 Å². The lowest BCUT2D eigenvalue weighted by Crippen LogP contribution is -2.12. The summed E-state index contributed by atoms with van der Waals surface area (Å²) in [6.45, 7) is 1.99. The predicted molar refractivity (Wildman–Crippen MR) is 93.1 cm³/mol. The van der Waals surface area contributed by atoms with E-state index in [1.54, 1.807) is 18.5 Å². The van der Waals surface area contributed by atoms with Crippen molar-refractivity contribution in [1.29, 1.82) is 0 Å². The van der Waals surface area contributed by atoms with Crippen LogP contribution in [0.1, 0.15) is 15.9 Å². The Balaban J connectivity index is 1.75. The van der Waals surface area contributed by atoms with Crippen LogP contribution >= 0.6 is 0 Å². The summed E-state index contributed by atoms with van der Waals surface area (Å²) in [7, 11) is 0. The van der Waals surface area contributed by atoms with Gasteiger partial charge in [-0.1, -0.05) is 30.3 Å². The van der Waals surface area contributed by atoms with Gasteiger partial charge in [-0.3, -0.25) is 9.78 Å². The van der Waals surface area contributed by atoms with Crippen LogP contribution in [0.25, 0.3) is 0 Å². The molecule has 1 aromatic heterocycles. The number of rotatable bonds is 4. The average molecular weight is 303 g/mol. The quantitative estimate of drug-likeness (QED) is 0.751. The van der Waals surface area contributed by atoms with E-state index in [1.807, 2.05) is 61.5 Å². The highest BCUT2D eigenvalue weighted by Gasteiger charge is 2.08. The molecule has 2 N–H and O–H groups in total. The number of aromatic nitrogens is 1. The number of hydrogen-bond acceptors (Lipinski definition) is 3. The number of aryl methyl sites for hydroxylation is 1. The van der Waals surface area contributed by atoms with Crippen LogP contribution in [0, 0.1) is 6.92 Å². The zero-order valence-corrected chi connectivity index (χ0v) is 12.8. The van der Waals surface area contributed by atoms with Gasteiger partial charge in [0.25, 0.3) is 5.91 Å². The van der Waals surface area contributed by atoms with Crippen molar-refractivity contribution in [3.05, 3.63) is 84.2 Å². The number of para-hydroxylation sites is 1. The number of benzene rings is 2. The SMILES string of the molecule is Cc1cccc(NC(=O)c2cncc(Nc3ccccc3)c2)c1. The molecular formula is C19H17N3O. The van der Waals surface area contributed by atoms with E-state index >= 15 is 0 Å². The molecule has 0 spiro atoms. The number of nitrogens with zero attached hydrogens (tertiary/aromatic N) is 1. The summed E-state index contributed by atoms with van der Waals surface area (Å²) in [6.07, 6.45) is 3.25. The highest BCUT2D eigenvalue weighted by molar-refractivity contribution is 6.04. The van der Waals surface area contributed by atoms with Crippen molar-refractivity contribution in [2.75, 3.05) is 10.6 Å². The third kappa shape index (κ3) is 3.95. The number of nitrogens with one attached hydrogen (secondary N) is 2. The molecular weight excluding hydrogens is 286 g/mol. The summed E-state index contributed by atoms with van der Waals surface area (Å²) >= 11 is 0. The molecule has 3 rings (SSSR count). The van der Waals surface area contributed by atoms with E-state index in [1.165, 1.54) is 0 Å². The van der Waals surface area contributed by atoms with Crippen molar-refractivity contribution in [2.24, 2.45) is 0 Å². The molecule has 0 bridgehead atoms. The fraction of sp³-hybridized carbons (Fsp3) is 0.0526. The smallest absolute Gasteiger partial charge is 0.257 e. The molecule has 0 unspecified atom stereocenters. The molecule has 0 saturated heterocycles. The van der Waals surface area contributed by atoms with Crippen LogP contribution in [0.5, 0.6) is 0 Å². The molecule has 4 heteroatoms. The monoisotopic (exact) mass is 303 g/mol. The van der Waals surface area contributed by atoms with Gasteiger partial charge in [0, 0.05) is 17.6 Å². The molecule has 114 valence electrons. The highest BCUT2D eigenvalue weighted by Crippen LogP contribution is 2.17. The van der Waals surface area contributed by atoms with Gasteiger partial charge in [0.15, 0.2) is 0 Å². The molecule has 0 fully saturated rings. The van der Waals surface area contributed by atoms with Crippen molar-refractivity contribution in [3.63, 3.8) is 0 Å². The highest BCUT2D eigenvalue weighted by atomic mass is 16.1. The van der Waals surface area contributed by atoms with E-state index in [9.17, 15) is 4.79 Å². The molecule has 0 aliphatic heterocycles. The Bertz CT molecular complexity index is 816. The normalized spacial score (nSPS) is 10.1. The maximum atomic E-state index is 12.4. The first kappa shape index (κ1) is 14.8. The second-order valence-electron chi connectivity index (χ2n) is 5.28. The molecule has 0 aliphatic rings. The Hall–Kier alpha value is -3.14. The van der Waals surface area contributed by atoms with Crippen molar-refractivity contribution in [2.45, 2.75) is 6.92 Å². The molecule has 0 saturated carbocycles. The number of amides is 1. The van der Waals surface area contributed by atoms with E-state index in [0.29, 0.717) is 5.56 Å². The molecule has 3 aromatic rings. The zero-order chi connectivity index (χ0) is 16.1. The van der Waals surface area contributed by atoms with Gasteiger partial charge in [-0.2, -0.15) is 0 Å². The van der Waals surface area contributed by atoms with Gasteiger partial charge in [0.2, 0.25) is 0 Å². The van der Waals surface area contributed by atoms with Crippen LogP contribution in [-0.2, 0) is 0 Å². The second-order valence-corrected chi connectivity index (χ2v) is 5.28. The second kappa shape index (κ2) is 6.75. The molecule has 23 heavy (non-hydrogen) atoms. The molecule has 1 heterocycles. The molecule has 1 amide bonds. The maximum Gasteiger partial charge on any atom is 0.257 e. The van der Waals surface area contributed by atoms with E-state index in [4.69, 9.17) is 0 Å². The molecule has 2 aromatic carbocycles. The van der Waals surface area contributed by atoms with Gasteiger partial charge >= 0.3 is 0 Å². The number of anilines is 3. The van der Waals surface area contributed by atoms with Crippen LogP contribution in [0.15, 0.2) is 73.1 Å². The largest absolute Gasteiger partial charge is 0.354 e. The molecule has 0 atom stereocenters. The third-order valence-electron chi connectivity index (χ3n) is 3.34. The Morgan fingerprint density at radius 1 is 0.870 bits per heavy atom. The average Bonchev–Trinajstić information content (AvgIpc) is 2.56. The minimum absolute atomic E-state index is 0.181. The van der Waals surface area contributed by atoms with E-state index < -0.39 is 0 Å². The van der Waals surface area contributed by atoms with Crippen LogP contribution in [0.4, 0.5) is 17.1 Å². The maximum absolute atomic E-state index is 12.4. The molecule has 0 radical (unpaired) electrons. The van der Waals surface area contributed by atoms with Crippen molar-refractivity contribution in [3.8, 4) is 0 Å².